The van der Waals surface area contributed by atoms with E-state index in [2.05, 4.69) is 497 Å². The summed E-state index contributed by atoms with van der Waals surface area (Å²) in [6.45, 7) is 0. The fourth-order valence-electron chi connectivity index (χ4n) is 22.8. The van der Waals surface area contributed by atoms with Crippen LogP contribution in [0.1, 0.15) is 0 Å². The van der Waals surface area contributed by atoms with Gasteiger partial charge in [0.2, 0.25) is 0 Å². The van der Waals surface area contributed by atoms with E-state index < -0.39 is 0 Å². The molecular weight excluding hydrogens is 1610 g/mol. The predicted octanol–water partition coefficient (Wildman–Crippen LogP) is 38.0. The Morgan fingerprint density at radius 1 is 0.0746 bits per heavy atom. The maximum absolute atomic E-state index is 2.47. The minimum absolute atomic E-state index is 1.20. The summed E-state index contributed by atoms with van der Waals surface area (Å²) >= 11 is 0. The molecule has 0 bridgehead atoms. The third-order valence-corrected chi connectivity index (χ3v) is 29.0. The fourth-order valence-corrected chi connectivity index (χ4v) is 22.8. The highest BCUT2D eigenvalue weighted by Crippen LogP contribution is 2.52. The molecule has 0 fully saturated rings. The monoisotopic (exact) mass is 1690 g/mol. The van der Waals surface area contributed by atoms with Crippen molar-refractivity contribution < 1.29 is 0 Å². The van der Waals surface area contributed by atoms with Crippen molar-refractivity contribution in [3.05, 3.63) is 497 Å². The van der Waals surface area contributed by atoms with E-state index in [1.165, 1.54) is 283 Å². The van der Waals surface area contributed by atoms with Crippen LogP contribution in [0.25, 0.3) is 283 Å². The Kier molecular flexibility index (Phi) is 17.8. The van der Waals surface area contributed by atoms with Gasteiger partial charge >= 0.3 is 0 Å². The molecule has 0 unspecified atom stereocenters. The lowest BCUT2D eigenvalue weighted by atomic mass is 9.83. The molecule has 0 aliphatic heterocycles. The van der Waals surface area contributed by atoms with Crippen molar-refractivity contribution >= 4 is 183 Å². The Morgan fingerprint density at radius 2 is 0.261 bits per heavy atom. The van der Waals surface area contributed by atoms with Crippen LogP contribution in [0.3, 0.4) is 0 Å². The molecule has 0 aliphatic carbocycles. The smallest absolute Gasteiger partial charge is 0.00259 e. The summed E-state index contributed by atoms with van der Waals surface area (Å²) in [5.41, 5.74) is 22.0. The standard InChI is InChI=1S/C70H42.C64H40/c1-3-15-45-37-51(27-25-43(45)13-1)69-63-35-31-50(48-30-34-62-58-22-8-6-18-54(58)56-20-10-12-24-60(56)66(62)40-48)42-68(63)70(52-28-26-44-14-2-4-16-46(44)38-52)64-36-32-49(41-67(64)69)47-29-33-61-57-21-7-5-17-53(57)55-19-9-11-23-59(55)65(61)39-47;1-3-23-49-41(15-1)17-13-31-51(49)45-19-11-21-47(37-45)63-58-29-9-10-30-59(58)64(48-22-12-20-46(38-48)52-32-14-18-42-16-2-4-24-50(42)52)62-40-44(34-36-60(62)63)43-33-35-57-55-27-6-5-25-53(55)54-26-7-8-28-56(54)61(57)39-43/h1-42H;1-40H. The van der Waals surface area contributed by atoms with Crippen molar-refractivity contribution in [1.82, 2.24) is 0 Å². The van der Waals surface area contributed by atoms with E-state index in [4.69, 9.17) is 0 Å². The van der Waals surface area contributed by atoms with E-state index in [-0.39, 0.29) is 0 Å². The first-order valence-electron chi connectivity index (χ1n) is 46.6. The van der Waals surface area contributed by atoms with Gasteiger partial charge in [0.25, 0.3) is 0 Å². The molecule has 0 spiro atoms. The van der Waals surface area contributed by atoms with Gasteiger partial charge in [-0.05, 0) is 344 Å². The first-order chi connectivity index (χ1) is 66.4. The van der Waals surface area contributed by atoms with Crippen molar-refractivity contribution in [2.75, 3.05) is 0 Å². The second-order valence-corrected chi connectivity index (χ2v) is 36.2. The maximum atomic E-state index is 2.47. The fraction of sp³-hybridized carbons (Fsp3) is 0. The van der Waals surface area contributed by atoms with Crippen molar-refractivity contribution in [3.63, 3.8) is 0 Å². The highest BCUT2D eigenvalue weighted by atomic mass is 14.3. The van der Waals surface area contributed by atoms with E-state index >= 15 is 0 Å². The zero-order chi connectivity index (χ0) is 88.0. The topological polar surface area (TPSA) is 0 Å². The molecule has 134 heavy (non-hydrogen) atoms. The van der Waals surface area contributed by atoms with Crippen molar-refractivity contribution in [2.45, 2.75) is 0 Å². The summed E-state index contributed by atoms with van der Waals surface area (Å²) < 4.78 is 0. The van der Waals surface area contributed by atoms with Gasteiger partial charge in [-0.15, -0.1) is 0 Å². The molecule has 0 heterocycles. The van der Waals surface area contributed by atoms with Gasteiger partial charge in [-0.1, -0.05) is 437 Å². The average Bonchev–Trinajstić information content (AvgIpc) is 0.683. The Labute approximate surface area is 775 Å². The van der Waals surface area contributed by atoms with Crippen LogP contribution in [-0.2, 0) is 0 Å². The summed E-state index contributed by atoms with van der Waals surface area (Å²) in [5.74, 6) is 0. The summed E-state index contributed by atoms with van der Waals surface area (Å²) in [6.07, 6.45) is 0. The molecule has 28 rings (SSSR count). The second-order valence-electron chi connectivity index (χ2n) is 36.2. The van der Waals surface area contributed by atoms with Gasteiger partial charge in [0.1, 0.15) is 0 Å². The zero-order valence-corrected chi connectivity index (χ0v) is 73.3. The Balaban J connectivity index is 0.000000137. The molecule has 618 valence electrons. The van der Waals surface area contributed by atoms with Crippen LogP contribution < -0.4 is 0 Å². The first-order valence-corrected chi connectivity index (χ1v) is 46.6. The predicted molar refractivity (Wildman–Crippen MR) is 579 cm³/mol. The van der Waals surface area contributed by atoms with Gasteiger partial charge in [0, 0.05) is 0 Å². The highest BCUT2D eigenvalue weighted by Gasteiger charge is 2.25. The van der Waals surface area contributed by atoms with Crippen LogP contribution in [0.2, 0.25) is 0 Å². The van der Waals surface area contributed by atoms with Crippen molar-refractivity contribution in [2.24, 2.45) is 0 Å². The molecule has 28 aromatic rings. The molecule has 0 atom stereocenters. The minimum atomic E-state index is 1.20. The lowest BCUT2D eigenvalue weighted by Crippen LogP contribution is -1.93. The molecule has 0 aliphatic rings. The number of hydrogen-bond acceptors (Lipinski definition) is 0. The van der Waals surface area contributed by atoms with E-state index in [1.807, 2.05) is 0 Å². The Morgan fingerprint density at radius 3 is 0.567 bits per heavy atom. The number of fused-ring (bicyclic) bond motifs is 26. The normalized spacial score (nSPS) is 11.9. The lowest BCUT2D eigenvalue weighted by Gasteiger charge is -2.20. The minimum Gasteiger partial charge on any atom is -0.0616 e. The molecule has 0 saturated carbocycles. The molecule has 0 N–H and O–H groups in total. The van der Waals surface area contributed by atoms with Crippen LogP contribution in [-0.4, -0.2) is 0 Å². The largest absolute Gasteiger partial charge is 0.0616 e. The van der Waals surface area contributed by atoms with Crippen LogP contribution in [0, 0.1) is 0 Å². The SMILES string of the molecule is c1cc(-c2cccc3ccccc23)cc(-c2c3ccccc3c(-c3cccc(-c4cccc5ccccc45)c3)c3cc(-c4ccc5c6ccccc6c6ccccc6c5c4)ccc23)c1.c1ccc2cc(-c3c4ccc(-c5ccc6c7ccccc7c7ccccc7c6c5)cc4c(-c4ccc5ccccc5c4)c4ccc(-c5ccc6c7ccccc7c7ccccc7c6c5)cc34)ccc2c1. The highest BCUT2D eigenvalue weighted by molar-refractivity contribution is 6.31. The molecule has 0 aromatic heterocycles. The third kappa shape index (κ3) is 12.5. The molecule has 0 amide bonds. The van der Waals surface area contributed by atoms with Crippen LogP contribution in [0.4, 0.5) is 0 Å². The van der Waals surface area contributed by atoms with E-state index in [0.29, 0.717) is 0 Å². The number of benzene rings is 28. The zero-order valence-electron chi connectivity index (χ0n) is 73.3. The third-order valence-electron chi connectivity index (χ3n) is 29.0. The van der Waals surface area contributed by atoms with Crippen LogP contribution >= 0.6 is 0 Å². The summed E-state index contributed by atoms with van der Waals surface area (Å²) in [4.78, 5) is 0. The quantitative estimate of drug-likeness (QED) is 0.0998. The van der Waals surface area contributed by atoms with Gasteiger partial charge < -0.3 is 0 Å². The van der Waals surface area contributed by atoms with Crippen LogP contribution in [0.15, 0.2) is 497 Å². The average molecular weight is 1690 g/mol. The van der Waals surface area contributed by atoms with Crippen molar-refractivity contribution in [3.8, 4) is 100 Å². The summed E-state index contributed by atoms with van der Waals surface area (Å²) in [5, 5.41) is 43.0. The van der Waals surface area contributed by atoms with E-state index in [0.717, 1.165) is 0 Å². The van der Waals surface area contributed by atoms with Gasteiger partial charge in [-0.25, -0.2) is 0 Å². The number of rotatable bonds is 9. The van der Waals surface area contributed by atoms with Gasteiger partial charge in [-0.3, -0.25) is 0 Å². The molecule has 0 heteroatoms. The Bertz CT molecular complexity index is 9430. The van der Waals surface area contributed by atoms with Gasteiger partial charge in [-0.2, -0.15) is 0 Å². The molecule has 0 saturated heterocycles. The Hall–Kier alpha value is -17.4. The molecular formula is C134H82. The van der Waals surface area contributed by atoms with Gasteiger partial charge in [0.05, 0.1) is 0 Å². The van der Waals surface area contributed by atoms with Crippen molar-refractivity contribution in [1.29, 1.82) is 0 Å². The summed E-state index contributed by atoms with van der Waals surface area (Å²) in [7, 11) is 0. The maximum Gasteiger partial charge on any atom is -0.00259 e. The first kappa shape index (κ1) is 76.6. The number of hydrogen-bond donors (Lipinski definition) is 0. The molecule has 28 aromatic carbocycles. The second kappa shape index (κ2) is 31.2. The van der Waals surface area contributed by atoms with E-state index in [1.54, 1.807) is 0 Å². The van der Waals surface area contributed by atoms with E-state index in [9.17, 15) is 0 Å². The molecule has 0 nitrogen and oxygen atoms in total. The van der Waals surface area contributed by atoms with Gasteiger partial charge in [0.15, 0.2) is 0 Å². The summed E-state index contributed by atoms with van der Waals surface area (Å²) in [6, 6.07) is 186. The lowest BCUT2D eigenvalue weighted by molar-refractivity contribution is 1.62. The molecule has 0 radical (unpaired) electrons. The van der Waals surface area contributed by atoms with Crippen LogP contribution in [0.5, 0.6) is 0 Å².